The van der Waals surface area contributed by atoms with Crippen LogP contribution in [0.2, 0.25) is 0 Å². The van der Waals surface area contributed by atoms with E-state index in [9.17, 15) is 0 Å². The summed E-state index contributed by atoms with van der Waals surface area (Å²) in [5.74, 6) is 3.22. The Balaban J connectivity index is 0.000000138. The van der Waals surface area contributed by atoms with Gasteiger partial charge in [-0.05, 0) is 211 Å². The van der Waals surface area contributed by atoms with Gasteiger partial charge in [0.25, 0.3) is 0 Å². The van der Waals surface area contributed by atoms with Gasteiger partial charge in [0.15, 0.2) is 22.3 Å². The van der Waals surface area contributed by atoms with Gasteiger partial charge in [-0.1, -0.05) is 352 Å². The summed E-state index contributed by atoms with van der Waals surface area (Å²) in [5, 5.41) is 17.6. The fourth-order valence-corrected chi connectivity index (χ4v) is 22.7. The lowest BCUT2D eigenvalue weighted by atomic mass is 9.90. The summed E-state index contributed by atoms with van der Waals surface area (Å²) >= 11 is 0. The van der Waals surface area contributed by atoms with Crippen molar-refractivity contribution in [2.75, 3.05) is 19.6 Å². The zero-order chi connectivity index (χ0) is 96.0. The average molecular weight is 1870 g/mol. The minimum atomic E-state index is 0.787. The second-order valence-electron chi connectivity index (χ2n) is 37.5. The van der Waals surface area contributed by atoms with Gasteiger partial charge >= 0.3 is 0 Å². The fourth-order valence-electron chi connectivity index (χ4n) is 22.7. The molecule has 28 aromatic rings. The molecular weight excluding hydrogens is 1790 g/mol. The van der Waals surface area contributed by atoms with E-state index in [2.05, 4.69) is 493 Å². The standard InChI is InChI=1S/2C68H42N2O3/c1-5-18-43(19-6-1)50-26-13-29-54-56-31-15-33-60(67(56)72-65(50)54)69(46-22-9-3-10-23-46)48-37-36-45-40-59-52-39-38-49(42-63(52)71-62-35-17-28-53(64(59)62)58(45)41-48)70(47-24-11-4-12-25-47)61-34-16-32-57-55-30-14-27-51(66(55)73-68(57)61)44-20-7-2-8-21-44;1-3-18-43(19-4-1)48-22-7-11-29-58(48)69(60-31-15-27-54-50-24-9-13-33-62(50)72-67(54)60)46-37-36-45-40-57-52-39-38-47(42-65(52)71-64-35-17-26-53(66(57)64)56(45)41-46)70(59-30-12-8-23-49(59)44-20-5-2-6-21-44)61-32-16-28-55-51-25-10-14-34-63(51)73-68(55)61/h2*1-42H. The molecule has 0 amide bonds. The van der Waals surface area contributed by atoms with Gasteiger partial charge in [0.05, 0.1) is 45.5 Å². The van der Waals surface area contributed by atoms with Crippen molar-refractivity contribution in [1.29, 1.82) is 0 Å². The van der Waals surface area contributed by atoms with Gasteiger partial charge in [-0.25, -0.2) is 0 Å². The van der Waals surface area contributed by atoms with E-state index in [0.717, 1.165) is 289 Å². The Kier molecular flexibility index (Phi) is 19.5. The van der Waals surface area contributed by atoms with Gasteiger partial charge < -0.3 is 46.7 Å². The minimum absolute atomic E-state index is 0.787. The van der Waals surface area contributed by atoms with Gasteiger partial charge in [0, 0.05) is 122 Å². The Morgan fingerprint density at radius 1 is 0.137 bits per heavy atom. The smallest absolute Gasteiger partial charge is 0.159 e. The molecule has 0 N–H and O–H groups in total. The third kappa shape index (κ3) is 13.6. The highest BCUT2D eigenvalue weighted by Gasteiger charge is 2.33. The van der Waals surface area contributed by atoms with Crippen molar-refractivity contribution < 1.29 is 27.1 Å². The third-order valence-corrected chi connectivity index (χ3v) is 29.2. The number of benzene rings is 24. The molecule has 30 rings (SSSR count). The molecule has 146 heavy (non-hydrogen) atoms. The summed E-state index contributed by atoms with van der Waals surface area (Å²) in [5.41, 5.74) is 31.9. The van der Waals surface area contributed by atoms with E-state index in [-0.39, 0.29) is 0 Å². The summed E-state index contributed by atoms with van der Waals surface area (Å²) in [6.45, 7) is 0. The quantitative estimate of drug-likeness (QED) is 0.0872. The highest BCUT2D eigenvalue weighted by atomic mass is 16.5. The molecule has 0 bridgehead atoms. The van der Waals surface area contributed by atoms with Crippen LogP contribution in [-0.2, 0) is 0 Å². The number of hydrogen-bond acceptors (Lipinski definition) is 10. The predicted octanol–water partition coefficient (Wildman–Crippen LogP) is 39.7. The molecule has 0 atom stereocenters. The fraction of sp³-hybridized carbons (Fsp3) is 0. The van der Waals surface area contributed by atoms with Crippen LogP contribution in [0.4, 0.5) is 68.2 Å². The first-order valence-electron chi connectivity index (χ1n) is 49.5. The molecule has 2 aliphatic heterocycles. The molecular formula is C136H84N4O6. The molecule has 24 aromatic carbocycles. The molecule has 0 saturated carbocycles. The van der Waals surface area contributed by atoms with Crippen LogP contribution in [0.5, 0.6) is 23.0 Å². The molecule has 4 aromatic heterocycles. The Morgan fingerprint density at radius 2 is 0.418 bits per heavy atom. The van der Waals surface area contributed by atoms with E-state index in [0.29, 0.717) is 0 Å². The lowest BCUT2D eigenvalue weighted by molar-refractivity contribution is 0.487. The minimum Gasteiger partial charge on any atom is -0.456 e. The largest absolute Gasteiger partial charge is 0.456 e. The predicted molar refractivity (Wildman–Crippen MR) is 604 cm³/mol. The van der Waals surface area contributed by atoms with Crippen LogP contribution in [0.3, 0.4) is 0 Å². The van der Waals surface area contributed by atoms with Crippen molar-refractivity contribution in [1.82, 2.24) is 0 Å². The molecule has 0 radical (unpaired) electrons. The number of hydrogen-bond donors (Lipinski definition) is 0. The van der Waals surface area contributed by atoms with Gasteiger partial charge in [-0.3, -0.25) is 0 Å². The lowest BCUT2D eigenvalue weighted by Gasteiger charge is -2.30. The molecule has 684 valence electrons. The van der Waals surface area contributed by atoms with Gasteiger partial charge in [-0.15, -0.1) is 0 Å². The Labute approximate surface area is 839 Å². The van der Waals surface area contributed by atoms with Crippen molar-refractivity contribution in [3.05, 3.63) is 510 Å². The van der Waals surface area contributed by atoms with Crippen molar-refractivity contribution in [2.24, 2.45) is 0 Å². The molecule has 0 unspecified atom stereocenters. The van der Waals surface area contributed by atoms with Gasteiger partial charge in [0.1, 0.15) is 45.3 Å². The second-order valence-corrected chi connectivity index (χ2v) is 37.5. The SMILES string of the molecule is c1ccc(-c2cccc3c2oc2c(N(c4ccccc4)c4ccc5c(c4)Oc4cccc6c4c-5cc4ccc(N(c5ccccc5)c5cccc7c5oc5c(-c8ccccc8)cccc57)cc46)cccc23)cc1.c1ccc(-c2ccccc2N(c2ccc3c(c2)Oc2cccc4c2c-3cc2ccc(N(c3ccccc3-c3ccccc3)c3cccc5c3oc3ccccc35)cc24)c2cccc3c2oc2ccccc23)cc1. The molecule has 2 aliphatic rings. The number of furan rings is 4. The summed E-state index contributed by atoms with van der Waals surface area (Å²) in [6, 6.07) is 180. The summed E-state index contributed by atoms with van der Waals surface area (Å²) < 4.78 is 41.6. The van der Waals surface area contributed by atoms with Crippen LogP contribution in [0, 0.1) is 0 Å². The van der Waals surface area contributed by atoms with Crippen LogP contribution >= 0.6 is 0 Å². The maximum absolute atomic E-state index is 7.10. The molecule has 0 fully saturated rings. The molecule has 6 heterocycles. The Bertz CT molecular complexity index is 10100. The van der Waals surface area contributed by atoms with Gasteiger partial charge in [0.2, 0.25) is 0 Å². The van der Waals surface area contributed by atoms with E-state index in [1.807, 2.05) is 36.4 Å². The zero-order valence-electron chi connectivity index (χ0n) is 78.7. The van der Waals surface area contributed by atoms with Crippen LogP contribution < -0.4 is 29.1 Å². The number of rotatable bonds is 16. The highest BCUT2D eigenvalue weighted by molar-refractivity contribution is 6.23. The maximum atomic E-state index is 7.10. The molecule has 0 spiro atoms. The van der Waals surface area contributed by atoms with E-state index in [1.54, 1.807) is 0 Å². The number of nitrogens with zero attached hydrogens (tertiary/aromatic N) is 4. The number of para-hydroxylation sites is 12. The zero-order valence-corrected chi connectivity index (χ0v) is 78.7. The average Bonchev–Trinajstić information content (AvgIpc) is 0.847. The van der Waals surface area contributed by atoms with Crippen LogP contribution in [-0.4, -0.2) is 0 Å². The van der Waals surface area contributed by atoms with Crippen LogP contribution in [0.15, 0.2) is 527 Å². The first-order valence-corrected chi connectivity index (χ1v) is 49.5. The Morgan fingerprint density at radius 3 is 0.836 bits per heavy atom. The normalized spacial score (nSPS) is 11.9. The van der Waals surface area contributed by atoms with E-state index < -0.39 is 0 Å². The number of ether oxygens (including phenoxy) is 2. The summed E-state index contributed by atoms with van der Waals surface area (Å²) in [7, 11) is 0. The number of anilines is 12. The van der Waals surface area contributed by atoms with Crippen molar-refractivity contribution >= 4 is 199 Å². The summed E-state index contributed by atoms with van der Waals surface area (Å²) in [6.07, 6.45) is 0. The first-order chi connectivity index (χ1) is 72.4. The van der Waals surface area contributed by atoms with Crippen molar-refractivity contribution in [3.63, 3.8) is 0 Å². The third-order valence-electron chi connectivity index (χ3n) is 29.2. The monoisotopic (exact) mass is 1870 g/mol. The van der Waals surface area contributed by atoms with Crippen molar-refractivity contribution in [3.8, 4) is 89.8 Å². The topological polar surface area (TPSA) is 84.0 Å². The maximum Gasteiger partial charge on any atom is 0.159 e. The van der Waals surface area contributed by atoms with Crippen LogP contribution in [0.1, 0.15) is 0 Å². The summed E-state index contributed by atoms with van der Waals surface area (Å²) in [4.78, 5) is 9.29. The second kappa shape index (κ2) is 34.1. The van der Waals surface area contributed by atoms with E-state index >= 15 is 0 Å². The highest BCUT2D eigenvalue weighted by Crippen LogP contribution is 2.58. The van der Waals surface area contributed by atoms with Crippen molar-refractivity contribution in [2.45, 2.75) is 0 Å². The lowest BCUT2D eigenvalue weighted by Crippen LogP contribution is -2.12. The first kappa shape index (κ1) is 83.3. The molecule has 0 saturated heterocycles. The number of fused-ring (bicyclic) bond motifs is 20. The van der Waals surface area contributed by atoms with E-state index in [1.165, 1.54) is 0 Å². The molecule has 10 nitrogen and oxygen atoms in total. The van der Waals surface area contributed by atoms with E-state index in [4.69, 9.17) is 27.1 Å². The molecule has 10 heteroatoms. The molecule has 0 aliphatic carbocycles. The Hall–Kier alpha value is -19.7. The van der Waals surface area contributed by atoms with Gasteiger partial charge in [-0.2, -0.15) is 0 Å². The van der Waals surface area contributed by atoms with Crippen LogP contribution in [0.25, 0.3) is 198 Å².